The highest BCUT2D eigenvalue weighted by Crippen LogP contribution is 2.18. The number of hydrogen-bond acceptors (Lipinski definition) is 3. The summed E-state index contributed by atoms with van der Waals surface area (Å²) in [5.41, 5.74) is 1.63. The monoisotopic (exact) mass is 205 g/mol. The van der Waals surface area contributed by atoms with Gasteiger partial charge in [-0.3, -0.25) is 0 Å². The number of nitrogens with zero attached hydrogens (tertiary/aromatic N) is 1. The van der Waals surface area contributed by atoms with Gasteiger partial charge in [-0.05, 0) is 37.6 Å². The molecule has 0 spiro atoms. The Balaban J connectivity index is 2.52. The molecule has 0 aliphatic carbocycles. The number of ether oxygens (including phenoxy) is 2. The molecule has 0 bridgehead atoms. The zero-order valence-electron chi connectivity index (χ0n) is 9.12. The van der Waals surface area contributed by atoms with Gasteiger partial charge in [0.25, 0.3) is 0 Å². The van der Waals surface area contributed by atoms with Crippen molar-refractivity contribution in [2.45, 2.75) is 13.8 Å². The summed E-state index contributed by atoms with van der Waals surface area (Å²) in [6.45, 7) is 5.72. The molecule has 0 N–H and O–H groups in total. The molecule has 15 heavy (non-hydrogen) atoms. The fraction of sp³-hybridized carbons (Fsp3) is 0.417. The Morgan fingerprint density at radius 2 is 2.13 bits per heavy atom. The minimum Gasteiger partial charge on any atom is -0.491 e. The highest BCUT2D eigenvalue weighted by molar-refractivity contribution is 5.41. The van der Waals surface area contributed by atoms with Gasteiger partial charge in [0, 0.05) is 6.61 Å². The lowest BCUT2D eigenvalue weighted by Crippen LogP contribution is -2.07. The first-order chi connectivity index (χ1) is 7.27. The standard InChI is InChI=1S/C12H15NO2/c1-3-14-6-7-15-12-5-4-11(9-13)8-10(12)2/h4-5,8H,3,6-7H2,1-2H3. The van der Waals surface area contributed by atoms with Crippen LogP contribution in [-0.2, 0) is 4.74 Å². The van der Waals surface area contributed by atoms with E-state index in [1.807, 2.05) is 26.0 Å². The van der Waals surface area contributed by atoms with Crippen LogP contribution in [-0.4, -0.2) is 19.8 Å². The topological polar surface area (TPSA) is 42.2 Å². The van der Waals surface area contributed by atoms with Gasteiger partial charge in [-0.1, -0.05) is 0 Å². The number of aryl methyl sites for hydroxylation is 1. The summed E-state index contributed by atoms with van der Waals surface area (Å²) in [5, 5.41) is 8.69. The van der Waals surface area contributed by atoms with Crippen molar-refractivity contribution in [3.8, 4) is 11.8 Å². The van der Waals surface area contributed by atoms with Crippen molar-refractivity contribution in [2.75, 3.05) is 19.8 Å². The van der Waals surface area contributed by atoms with Crippen LogP contribution in [0.15, 0.2) is 18.2 Å². The summed E-state index contributed by atoms with van der Waals surface area (Å²) in [7, 11) is 0. The molecule has 0 aromatic heterocycles. The van der Waals surface area contributed by atoms with E-state index in [-0.39, 0.29) is 0 Å². The van der Waals surface area contributed by atoms with Crippen LogP contribution in [0.3, 0.4) is 0 Å². The molecular formula is C12H15NO2. The molecule has 1 rings (SSSR count). The van der Waals surface area contributed by atoms with Crippen LogP contribution >= 0.6 is 0 Å². The summed E-state index contributed by atoms with van der Waals surface area (Å²) in [6, 6.07) is 7.48. The maximum atomic E-state index is 8.69. The van der Waals surface area contributed by atoms with Gasteiger partial charge in [0.2, 0.25) is 0 Å². The minimum atomic E-state index is 0.542. The first kappa shape index (κ1) is 11.5. The Bertz CT molecular complexity index is 355. The average molecular weight is 205 g/mol. The lowest BCUT2D eigenvalue weighted by atomic mass is 10.1. The van der Waals surface area contributed by atoms with Crippen molar-refractivity contribution in [3.63, 3.8) is 0 Å². The number of nitriles is 1. The zero-order valence-corrected chi connectivity index (χ0v) is 9.12. The van der Waals surface area contributed by atoms with Gasteiger partial charge >= 0.3 is 0 Å². The number of hydrogen-bond donors (Lipinski definition) is 0. The molecule has 0 unspecified atom stereocenters. The lowest BCUT2D eigenvalue weighted by Gasteiger charge is -2.08. The molecule has 0 fully saturated rings. The van der Waals surface area contributed by atoms with E-state index in [0.29, 0.717) is 25.4 Å². The SMILES string of the molecule is CCOCCOc1ccc(C#N)cc1C. The zero-order chi connectivity index (χ0) is 11.1. The van der Waals surface area contributed by atoms with Crippen molar-refractivity contribution in [1.29, 1.82) is 5.26 Å². The van der Waals surface area contributed by atoms with Crippen LogP contribution in [0.25, 0.3) is 0 Å². The third-order valence-corrected chi connectivity index (χ3v) is 1.99. The van der Waals surface area contributed by atoms with E-state index in [0.717, 1.165) is 11.3 Å². The van der Waals surface area contributed by atoms with Crippen molar-refractivity contribution in [1.82, 2.24) is 0 Å². The maximum absolute atomic E-state index is 8.69. The molecule has 1 aromatic carbocycles. The van der Waals surface area contributed by atoms with Crippen LogP contribution in [0.1, 0.15) is 18.1 Å². The van der Waals surface area contributed by atoms with Gasteiger partial charge in [0.15, 0.2) is 0 Å². The largest absolute Gasteiger partial charge is 0.491 e. The summed E-state index contributed by atoms with van der Waals surface area (Å²) in [4.78, 5) is 0. The second-order valence-corrected chi connectivity index (χ2v) is 3.14. The third-order valence-electron chi connectivity index (χ3n) is 1.99. The Morgan fingerprint density at radius 3 is 2.73 bits per heavy atom. The number of benzene rings is 1. The second kappa shape index (κ2) is 6.05. The average Bonchev–Trinajstić information content (AvgIpc) is 2.26. The number of rotatable bonds is 5. The molecule has 0 saturated heterocycles. The highest BCUT2D eigenvalue weighted by atomic mass is 16.5. The Hall–Kier alpha value is -1.53. The molecule has 3 heteroatoms. The van der Waals surface area contributed by atoms with Crippen molar-refractivity contribution >= 4 is 0 Å². The summed E-state index contributed by atoms with van der Waals surface area (Å²) < 4.78 is 10.7. The second-order valence-electron chi connectivity index (χ2n) is 3.14. The van der Waals surface area contributed by atoms with E-state index in [1.54, 1.807) is 6.07 Å². The molecule has 0 amide bonds. The van der Waals surface area contributed by atoms with E-state index in [9.17, 15) is 0 Å². The van der Waals surface area contributed by atoms with Crippen LogP contribution < -0.4 is 4.74 Å². The Morgan fingerprint density at radius 1 is 1.33 bits per heavy atom. The van der Waals surface area contributed by atoms with Crippen molar-refractivity contribution in [3.05, 3.63) is 29.3 Å². The fourth-order valence-corrected chi connectivity index (χ4v) is 1.24. The summed E-state index contributed by atoms with van der Waals surface area (Å²) in [6.07, 6.45) is 0. The molecule has 0 radical (unpaired) electrons. The van der Waals surface area contributed by atoms with Gasteiger partial charge in [0.1, 0.15) is 12.4 Å². The molecule has 1 aromatic rings. The van der Waals surface area contributed by atoms with Crippen LogP contribution in [0.2, 0.25) is 0 Å². The summed E-state index contributed by atoms with van der Waals surface area (Å²) in [5.74, 6) is 0.814. The molecule has 3 nitrogen and oxygen atoms in total. The van der Waals surface area contributed by atoms with Crippen LogP contribution in [0.4, 0.5) is 0 Å². The van der Waals surface area contributed by atoms with Crippen LogP contribution in [0, 0.1) is 18.3 Å². The predicted molar refractivity (Wildman–Crippen MR) is 57.9 cm³/mol. The normalized spacial score (nSPS) is 9.67. The van der Waals surface area contributed by atoms with E-state index < -0.39 is 0 Å². The Labute approximate surface area is 90.2 Å². The van der Waals surface area contributed by atoms with Gasteiger partial charge in [-0.25, -0.2) is 0 Å². The predicted octanol–water partition coefficient (Wildman–Crippen LogP) is 2.28. The third kappa shape index (κ3) is 3.61. The van der Waals surface area contributed by atoms with Gasteiger partial charge in [-0.15, -0.1) is 0 Å². The molecule has 0 heterocycles. The smallest absolute Gasteiger partial charge is 0.122 e. The van der Waals surface area contributed by atoms with Gasteiger partial charge in [0.05, 0.1) is 18.2 Å². The van der Waals surface area contributed by atoms with Crippen LogP contribution in [0.5, 0.6) is 5.75 Å². The minimum absolute atomic E-state index is 0.542. The molecule has 0 aliphatic rings. The maximum Gasteiger partial charge on any atom is 0.122 e. The molecule has 80 valence electrons. The van der Waals surface area contributed by atoms with Crippen molar-refractivity contribution in [2.24, 2.45) is 0 Å². The lowest BCUT2D eigenvalue weighted by molar-refractivity contribution is 0.110. The van der Waals surface area contributed by atoms with Gasteiger partial charge < -0.3 is 9.47 Å². The molecule has 0 saturated carbocycles. The highest BCUT2D eigenvalue weighted by Gasteiger charge is 2.00. The molecule has 0 aliphatic heterocycles. The Kier molecular flexibility index (Phi) is 4.65. The van der Waals surface area contributed by atoms with E-state index in [1.165, 1.54) is 0 Å². The first-order valence-electron chi connectivity index (χ1n) is 4.99. The summed E-state index contributed by atoms with van der Waals surface area (Å²) >= 11 is 0. The van der Waals surface area contributed by atoms with Gasteiger partial charge in [-0.2, -0.15) is 5.26 Å². The molecule has 0 atom stereocenters. The van der Waals surface area contributed by atoms with E-state index in [2.05, 4.69) is 6.07 Å². The fourth-order valence-electron chi connectivity index (χ4n) is 1.24. The molecular weight excluding hydrogens is 190 g/mol. The van der Waals surface area contributed by atoms with E-state index >= 15 is 0 Å². The van der Waals surface area contributed by atoms with Crippen molar-refractivity contribution < 1.29 is 9.47 Å². The van der Waals surface area contributed by atoms with E-state index in [4.69, 9.17) is 14.7 Å². The quantitative estimate of drug-likeness (QED) is 0.692. The first-order valence-corrected chi connectivity index (χ1v) is 4.99.